The number of hydrogen-bond acceptors (Lipinski definition) is 5. The maximum Gasteiger partial charge on any atom is 0.340 e. The molecule has 0 spiro atoms. The highest BCUT2D eigenvalue weighted by atomic mass is 16.5. The fourth-order valence-corrected chi connectivity index (χ4v) is 3.56. The number of rotatable bonds is 5. The molecule has 0 unspecified atom stereocenters. The van der Waals surface area contributed by atoms with E-state index in [1.807, 2.05) is 26.0 Å². The van der Waals surface area contributed by atoms with Gasteiger partial charge in [-0.3, -0.25) is 4.79 Å². The Morgan fingerprint density at radius 1 is 1.41 bits per heavy atom. The van der Waals surface area contributed by atoms with Gasteiger partial charge < -0.3 is 19.0 Å². The molecule has 7 nitrogen and oxygen atoms in total. The van der Waals surface area contributed by atoms with Crippen LogP contribution >= 0.6 is 0 Å². The van der Waals surface area contributed by atoms with Crippen molar-refractivity contribution in [3.63, 3.8) is 0 Å². The Labute approximate surface area is 168 Å². The molecule has 1 aliphatic rings. The van der Waals surface area contributed by atoms with E-state index in [1.165, 1.54) is 0 Å². The van der Waals surface area contributed by atoms with E-state index in [4.69, 9.17) is 9.15 Å². The van der Waals surface area contributed by atoms with Crippen LogP contribution in [0.4, 0.5) is 0 Å². The standard InChI is InChI=1S/C22H23N3O4/c1-13(2)11-28-15-4-5-16-14(3)17(22(27)29-20(16)8-15)9-21(26)25-7-6-18-19(10-25)24-12-23-18/h4-5,8,12H,1,6-7,9-11H2,2-3H3,(H,23,24). The van der Waals surface area contributed by atoms with Crippen LogP contribution in [-0.2, 0) is 24.2 Å². The molecule has 0 fully saturated rings. The van der Waals surface area contributed by atoms with Gasteiger partial charge in [0.25, 0.3) is 0 Å². The summed E-state index contributed by atoms with van der Waals surface area (Å²) in [5.41, 5.74) is 3.97. The lowest BCUT2D eigenvalue weighted by atomic mass is 10.0. The van der Waals surface area contributed by atoms with Crippen molar-refractivity contribution in [1.29, 1.82) is 0 Å². The summed E-state index contributed by atoms with van der Waals surface area (Å²) in [4.78, 5) is 34.5. The van der Waals surface area contributed by atoms with E-state index in [-0.39, 0.29) is 12.3 Å². The van der Waals surface area contributed by atoms with E-state index in [1.54, 1.807) is 17.3 Å². The second-order valence-corrected chi connectivity index (χ2v) is 7.47. The molecule has 0 aliphatic carbocycles. The third-order valence-electron chi connectivity index (χ3n) is 5.20. The summed E-state index contributed by atoms with van der Waals surface area (Å²) in [5.74, 6) is 0.511. The molecule has 4 rings (SSSR count). The number of carbonyl (C=O) groups excluding carboxylic acids is 1. The van der Waals surface area contributed by atoms with Crippen LogP contribution < -0.4 is 10.4 Å². The number of ether oxygens (including phenoxy) is 1. The maximum absolute atomic E-state index is 12.8. The Bertz CT molecular complexity index is 1160. The minimum absolute atomic E-state index is 0.0154. The Morgan fingerprint density at radius 2 is 2.24 bits per heavy atom. The van der Waals surface area contributed by atoms with Gasteiger partial charge in [0.05, 0.1) is 36.2 Å². The average molecular weight is 393 g/mol. The minimum atomic E-state index is -0.486. The zero-order valence-electron chi connectivity index (χ0n) is 16.6. The topological polar surface area (TPSA) is 88.4 Å². The van der Waals surface area contributed by atoms with Crippen LogP contribution in [0.25, 0.3) is 11.0 Å². The van der Waals surface area contributed by atoms with Gasteiger partial charge in [0.2, 0.25) is 5.91 Å². The number of nitrogens with one attached hydrogen (secondary N) is 1. The van der Waals surface area contributed by atoms with Crippen LogP contribution in [0.5, 0.6) is 5.75 Å². The van der Waals surface area contributed by atoms with Gasteiger partial charge >= 0.3 is 5.63 Å². The number of aromatic nitrogens is 2. The lowest BCUT2D eigenvalue weighted by molar-refractivity contribution is -0.131. The zero-order chi connectivity index (χ0) is 20.5. The van der Waals surface area contributed by atoms with E-state index >= 15 is 0 Å². The Morgan fingerprint density at radius 3 is 3.03 bits per heavy atom. The molecule has 0 atom stereocenters. The van der Waals surface area contributed by atoms with Gasteiger partial charge in [-0.2, -0.15) is 0 Å². The molecule has 3 aromatic rings. The Kier molecular flexibility index (Phi) is 4.96. The predicted molar refractivity (Wildman–Crippen MR) is 109 cm³/mol. The van der Waals surface area contributed by atoms with Crippen molar-refractivity contribution in [3.05, 3.63) is 69.6 Å². The first-order valence-electron chi connectivity index (χ1n) is 9.55. The fourth-order valence-electron chi connectivity index (χ4n) is 3.56. The van der Waals surface area contributed by atoms with Crippen molar-refractivity contribution in [2.75, 3.05) is 13.2 Å². The van der Waals surface area contributed by atoms with Crippen LogP contribution in [0.3, 0.4) is 0 Å². The summed E-state index contributed by atoms with van der Waals surface area (Å²) >= 11 is 0. The summed E-state index contributed by atoms with van der Waals surface area (Å²) < 4.78 is 11.1. The van der Waals surface area contributed by atoms with Crippen LogP contribution in [0.2, 0.25) is 0 Å². The summed E-state index contributed by atoms with van der Waals surface area (Å²) in [7, 11) is 0. The van der Waals surface area contributed by atoms with Gasteiger partial charge in [0, 0.05) is 24.4 Å². The average Bonchev–Trinajstić information content (AvgIpc) is 3.17. The quantitative estimate of drug-likeness (QED) is 0.532. The largest absolute Gasteiger partial charge is 0.489 e. The van der Waals surface area contributed by atoms with Crippen molar-refractivity contribution < 1.29 is 13.9 Å². The highest BCUT2D eigenvalue weighted by Crippen LogP contribution is 2.25. The van der Waals surface area contributed by atoms with E-state index in [0.29, 0.717) is 43.0 Å². The monoisotopic (exact) mass is 393 g/mol. The molecule has 1 N–H and O–H groups in total. The lowest BCUT2D eigenvalue weighted by Gasteiger charge is -2.26. The van der Waals surface area contributed by atoms with Crippen molar-refractivity contribution in [3.8, 4) is 5.75 Å². The second kappa shape index (κ2) is 7.58. The summed E-state index contributed by atoms with van der Waals surface area (Å²) in [6.07, 6.45) is 2.37. The summed E-state index contributed by atoms with van der Waals surface area (Å²) in [5, 5.41) is 0.796. The lowest BCUT2D eigenvalue weighted by Crippen LogP contribution is -2.37. The Hall–Kier alpha value is -3.35. The van der Waals surface area contributed by atoms with E-state index in [2.05, 4.69) is 16.5 Å². The molecule has 29 heavy (non-hydrogen) atoms. The smallest absolute Gasteiger partial charge is 0.340 e. The van der Waals surface area contributed by atoms with Crippen LogP contribution in [0, 0.1) is 6.92 Å². The van der Waals surface area contributed by atoms with Gasteiger partial charge in [-0.05, 0) is 37.1 Å². The second-order valence-electron chi connectivity index (χ2n) is 7.47. The molecule has 150 valence electrons. The third kappa shape index (κ3) is 3.81. The first kappa shape index (κ1) is 19.0. The molecule has 7 heteroatoms. The zero-order valence-corrected chi connectivity index (χ0v) is 16.6. The minimum Gasteiger partial charge on any atom is -0.489 e. The molecule has 0 saturated carbocycles. The first-order valence-corrected chi connectivity index (χ1v) is 9.55. The molecule has 0 radical (unpaired) electrons. The normalized spacial score (nSPS) is 13.4. The molecule has 0 saturated heterocycles. The van der Waals surface area contributed by atoms with Crippen molar-refractivity contribution in [1.82, 2.24) is 14.9 Å². The number of hydrogen-bond donors (Lipinski definition) is 1. The van der Waals surface area contributed by atoms with Crippen LogP contribution in [0.15, 0.2) is 45.9 Å². The SMILES string of the molecule is C=C(C)COc1ccc2c(C)c(CC(=O)N3CCc4nc[nH]c4C3)c(=O)oc2c1. The molecule has 1 aromatic carbocycles. The van der Waals surface area contributed by atoms with E-state index in [0.717, 1.165) is 27.9 Å². The van der Waals surface area contributed by atoms with Crippen LogP contribution in [-0.4, -0.2) is 33.9 Å². The number of fused-ring (bicyclic) bond motifs is 2. The van der Waals surface area contributed by atoms with Crippen molar-refractivity contribution in [2.45, 2.75) is 33.2 Å². The molecule has 2 aromatic heterocycles. The number of nitrogens with zero attached hydrogens (tertiary/aromatic N) is 2. The van der Waals surface area contributed by atoms with Gasteiger partial charge in [-0.25, -0.2) is 9.78 Å². The van der Waals surface area contributed by atoms with Gasteiger partial charge in [0.15, 0.2) is 0 Å². The number of aryl methyl sites for hydroxylation is 1. The molecule has 0 bridgehead atoms. The first-order chi connectivity index (χ1) is 13.9. The van der Waals surface area contributed by atoms with Gasteiger partial charge in [-0.15, -0.1) is 0 Å². The van der Waals surface area contributed by atoms with Crippen LogP contribution in [0.1, 0.15) is 29.4 Å². The number of aromatic amines is 1. The molecule has 1 aliphatic heterocycles. The van der Waals surface area contributed by atoms with Gasteiger partial charge in [-0.1, -0.05) is 6.58 Å². The van der Waals surface area contributed by atoms with Crippen molar-refractivity contribution >= 4 is 16.9 Å². The molecule has 1 amide bonds. The Balaban J connectivity index is 1.57. The maximum atomic E-state index is 12.8. The number of imidazole rings is 1. The predicted octanol–water partition coefficient (Wildman–Crippen LogP) is 2.91. The highest BCUT2D eigenvalue weighted by molar-refractivity contribution is 5.85. The third-order valence-corrected chi connectivity index (χ3v) is 5.20. The van der Waals surface area contributed by atoms with E-state index in [9.17, 15) is 9.59 Å². The molecular formula is C22H23N3O4. The van der Waals surface area contributed by atoms with Crippen molar-refractivity contribution in [2.24, 2.45) is 0 Å². The number of amides is 1. The highest BCUT2D eigenvalue weighted by Gasteiger charge is 2.24. The fraction of sp³-hybridized carbons (Fsp3) is 0.318. The molecule has 3 heterocycles. The van der Waals surface area contributed by atoms with Gasteiger partial charge in [0.1, 0.15) is 17.9 Å². The van der Waals surface area contributed by atoms with E-state index < -0.39 is 5.63 Å². The summed E-state index contributed by atoms with van der Waals surface area (Å²) in [6, 6.07) is 5.38. The molecular weight excluding hydrogens is 370 g/mol. The summed E-state index contributed by atoms with van der Waals surface area (Å²) in [6.45, 7) is 9.01. The number of carbonyl (C=O) groups is 1. The number of benzene rings is 1. The number of H-pyrrole nitrogens is 1.